The van der Waals surface area contributed by atoms with E-state index < -0.39 is 46.8 Å². The van der Waals surface area contributed by atoms with Crippen molar-refractivity contribution in [3.8, 4) is 0 Å². The van der Waals surface area contributed by atoms with Crippen LogP contribution in [0.25, 0.3) is 0 Å². The molecule has 6 fully saturated rings. The Balaban J connectivity index is 1.66. The van der Waals surface area contributed by atoms with Crippen LogP contribution < -0.4 is 0 Å². The fourth-order valence-corrected chi connectivity index (χ4v) is 8.51. The van der Waals surface area contributed by atoms with Crippen LogP contribution in [0.2, 0.25) is 0 Å². The van der Waals surface area contributed by atoms with E-state index in [1.54, 1.807) is 0 Å². The molecule has 3 N–H and O–H groups in total. The number of rotatable bonds is 0. The van der Waals surface area contributed by atoms with Gasteiger partial charge in [-0.05, 0) is 24.2 Å². The molecule has 7 heteroatoms. The van der Waals surface area contributed by atoms with Crippen LogP contribution in [-0.2, 0) is 18.9 Å². The van der Waals surface area contributed by atoms with Gasteiger partial charge >= 0.3 is 0 Å². The van der Waals surface area contributed by atoms with E-state index in [0.717, 1.165) is 0 Å². The van der Waals surface area contributed by atoms with Gasteiger partial charge in [0.2, 0.25) is 0 Å². The van der Waals surface area contributed by atoms with Crippen molar-refractivity contribution in [2.45, 2.75) is 82.6 Å². The van der Waals surface area contributed by atoms with Gasteiger partial charge in [-0.15, -0.1) is 0 Å². The van der Waals surface area contributed by atoms with E-state index >= 15 is 0 Å². The molecule has 2 aliphatic carbocycles. The van der Waals surface area contributed by atoms with E-state index in [0.29, 0.717) is 19.4 Å². The molecule has 0 aromatic carbocycles. The first-order chi connectivity index (χ1) is 12.6. The Labute approximate surface area is 158 Å². The van der Waals surface area contributed by atoms with Crippen LogP contribution in [0, 0.1) is 28.1 Å². The van der Waals surface area contributed by atoms with Gasteiger partial charge in [0.25, 0.3) is 0 Å². The second-order valence-corrected chi connectivity index (χ2v) is 10.8. The Kier molecular flexibility index (Phi) is 2.97. The Morgan fingerprint density at radius 1 is 1.04 bits per heavy atom. The molecule has 0 bridgehead atoms. The lowest BCUT2D eigenvalue weighted by atomic mass is 9.51. The van der Waals surface area contributed by atoms with Gasteiger partial charge in [0.1, 0.15) is 5.60 Å². The molecular weight excluding hydrogens is 352 g/mol. The lowest BCUT2D eigenvalue weighted by Gasteiger charge is -2.49. The molecule has 4 aliphatic heterocycles. The summed E-state index contributed by atoms with van der Waals surface area (Å²) in [5, 5.41) is 34.4. The summed E-state index contributed by atoms with van der Waals surface area (Å²) in [4.78, 5) is 0. The average Bonchev–Trinajstić information content (AvgIpc) is 3.30. The molecule has 2 saturated carbocycles. The van der Waals surface area contributed by atoms with Gasteiger partial charge in [-0.1, -0.05) is 27.7 Å². The standard InChI is InChI=1S/C20H30O7/c1-9-7-24-13-6-17-12-5-10(16(2,3)4)18(17)11(21)8-25-15(18)27-20(17,14(22)26-12)19(9,13)23/h9-15,21-23H,5-8H2,1-4H3/t9-,10+,11+,12?,13?,14?,15?,17?,18?,19-,20-/m1/s1. The van der Waals surface area contributed by atoms with E-state index in [4.69, 9.17) is 18.9 Å². The summed E-state index contributed by atoms with van der Waals surface area (Å²) < 4.78 is 24.7. The van der Waals surface area contributed by atoms with E-state index in [1.165, 1.54) is 0 Å². The molecule has 6 aliphatic rings. The molecule has 27 heavy (non-hydrogen) atoms. The number of aliphatic hydroxyl groups excluding tert-OH is 2. The minimum atomic E-state index is -1.37. The summed E-state index contributed by atoms with van der Waals surface area (Å²) in [6.07, 6.45) is -2.16. The average molecular weight is 382 g/mol. The molecule has 6 rings (SSSR count). The highest BCUT2D eigenvalue weighted by Gasteiger charge is 2.97. The van der Waals surface area contributed by atoms with Crippen molar-refractivity contribution < 1.29 is 34.3 Å². The van der Waals surface area contributed by atoms with Crippen LogP contribution >= 0.6 is 0 Å². The predicted molar refractivity (Wildman–Crippen MR) is 91.3 cm³/mol. The molecule has 6 unspecified atom stereocenters. The summed E-state index contributed by atoms with van der Waals surface area (Å²) in [7, 11) is 0. The maximum absolute atomic E-state index is 12.0. The molecule has 0 amide bonds. The third-order valence-electron chi connectivity index (χ3n) is 9.23. The zero-order valence-corrected chi connectivity index (χ0v) is 16.3. The fourth-order valence-electron chi connectivity index (χ4n) is 8.51. The topological polar surface area (TPSA) is 97.6 Å². The van der Waals surface area contributed by atoms with Crippen LogP contribution in [0.15, 0.2) is 0 Å². The van der Waals surface area contributed by atoms with E-state index in [-0.39, 0.29) is 30.0 Å². The Morgan fingerprint density at radius 2 is 1.78 bits per heavy atom. The molecule has 4 heterocycles. The van der Waals surface area contributed by atoms with Gasteiger partial charge in [-0.2, -0.15) is 0 Å². The molecule has 0 aromatic rings. The van der Waals surface area contributed by atoms with E-state index in [9.17, 15) is 15.3 Å². The minimum Gasteiger partial charge on any atom is -0.390 e. The molecule has 11 atom stereocenters. The van der Waals surface area contributed by atoms with Crippen molar-refractivity contribution in [2.24, 2.45) is 28.1 Å². The lowest BCUT2D eigenvalue weighted by molar-refractivity contribution is -0.296. The zero-order chi connectivity index (χ0) is 19.2. The molecule has 4 saturated heterocycles. The highest BCUT2D eigenvalue weighted by Crippen LogP contribution is 2.85. The van der Waals surface area contributed by atoms with Gasteiger partial charge < -0.3 is 34.3 Å². The first-order valence-corrected chi connectivity index (χ1v) is 10.2. The van der Waals surface area contributed by atoms with Crippen molar-refractivity contribution in [3.63, 3.8) is 0 Å². The van der Waals surface area contributed by atoms with Gasteiger partial charge in [0.15, 0.2) is 18.2 Å². The quantitative estimate of drug-likeness (QED) is 0.558. The molecule has 0 radical (unpaired) electrons. The number of fused-ring (bicyclic) bond motifs is 1. The van der Waals surface area contributed by atoms with Crippen LogP contribution in [0.1, 0.15) is 40.5 Å². The lowest BCUT2D eigenvalue weighted by Crippen LogP contribution is -2.67. The van der Waals surface area contributed by atoms with E-state index in [1.807, 2.05) is 6.92 Å². The summed E-state index contributed by atoms with van der Waals surface area (Å²) in [6.45, 7) is 9.08. The molecule has 2 spiro atoms. The van der Waals surface area contributed by atoms with E-state index in [2.05, 4.69) is 20.8 Å². The number of aliphatic hydroxyl groups is 3. The highest BCUT2D eigenvalue weighted by molar-refractivity contribution is 5.41. The summed E-state index contributed by atoms with van der Waals surface area (Å²) in [6, 6.07) is 0. The molecular formula is C20H30O7. The maximum Gasteiger partial charge on any atom is 0.188 e. The Hall–Kier alpha value is -0.280. The normalized spacial score (nSPS) is 66.1. The first-order valence-electron chi connectivity index (χ1n) is 10.2. The Morgan fingerprint density at radius 3 is 2.48 bits per heavy atom. The van der Waals surface area contributed by atoms with Gasteiger partial charge in [0.05, 0.1) is 36.9 Å². The Bertz CT molecular complexity index is 707. The van der Waals surface area contributed by atoms with Crippen molar-refractivity contribution in [1.82, 2.24) is 0 Å². The number of hydrogen-bond acceptors (Lipinski definition) is 7. The maximum atomic E-state index is 12.0. The van der Waals surface area contributed by atoms with Gasteiger partial charge in [-0.3, -0.25) is 0 Å². The predicted octanol–water partition coefficient (Wildman–Crippen LogP) is 0.398. The van der Waals surface area contributed by atoms with Crippen LogP contribution in [0.4, 0.5) is 0 Å². The minimum absolute atomic E-state index is 0.0737. The van der Waals surface area contributed by atoms with Gasteiger partial charge in [-0.25, -0.2) is 0 Å². The molecule has 7 nitrogen and oxygen atoms in total. The third-order valence-corrected chi connectivity index (χ3v) is 9.23. The van der Waals surface area contributed by atoms with Crippen molar-refractivity contribution in [3.05, 3.63) is 0 Å². The smallest absolute Gasteiger partial charge is 0.188 e. The van der Waals surface area contributed by atoms with Crippen LogP contribution in [0.3, 0.4) is 0 Å². The molecule has 152 valence electrons. The number of hydrogen-bond donors (Lipinski definition) is 3. The largest absolute Gasteiger partial charge is 0.390 e. The summed E-state index contributed by atoms with van der Waals surface area (Å²) >= 11 is 0. The summed E-state index contributed by atoms with van der Waals surface area (Å²) in [5.41, 5.74) is -4.28. The summed E-state index contributed by atoms with van der Waals surface area (Å²) in [5.74, 6) is -0.134. The van der Waals surface area contributed by atoms with Crippen LogP contribution in [0.5, 0.6) is 0 Å². The van der Waals surface area contributed by atoms with Crippen molar-refractivity contribution in [2.75, 3.05) is 13.2 Å². The number of ether oxygens (including phenoxy) is 4. The SMILES string of the molecule is C[C@@H]1COC2CC34C5C[C@@H](C(C)(C)C)C36C(OC[C@@H]6O)O[C@@]4(C(O)O5)[C@]21O. The first kappa shape index (κ1) is 17.6. The second-order valence-electron chi connectivity index (χ2n) is 10.8. The monoisotopic (exact) mass is 382 g/mol. The van der Waals surface area contributed by atoms with Gasteiger partial charge in [0, 0.05) is 11.3 Å². The fraction of sp³-hybridized carbons (Fsp3) is 1.00. The second kappa shape index (κ2) is 4.56. The van der Waals surface area contributed by atoms with Crippen molar-refractivity contribution >= 4 is 0 Å². The zero-order valence-electron chi connectivity index (χ0n) is 16.3. The van der Waals surface area contributed by atoms with Crippen LogP contribution in [-0.4, -0.2) is 70.6 Å². The third kappa shape index (κ3) is 1.37. The van der Waals surface area contributed by atoms with Crippen molar-refractivity contribution in [1.29, 1.82) is 0 Å². The highest BCUT2D eigenvalue weighted by atomic mass is 16.7. The molecule has 0 aromatic heterocycles.